The van der Waals surface area contributed by atoms with Gasteiger partial charge < -0.3 is 15.0 Å². The topological polar surface area (TPSA) is 58.6 Å². The Morgan fingerprint density at radius 3 is 2.19 bits per heavy atom. The molecule has 2 rings (SSSR count). The minimum atomic E-state index is -4.43. The van der Waals surface area contributed by atoms with Crippen molar-refractivity contribution in [1.29, 1.82) is 0 Å². The highest BCUT2D eigenvalue weighted by Crippen LogP contribution is 2.30. The Morgan fingerprint density at radius 2 is 1.63 bits per heavy atom. The lowest BCUT2D eigenvalue weighted by Gasteiger charge is -2.17. The Balaban J connectivity index is 1.81. The molecule has 0 atom stereocenters. The first-order valence-electron chi connectivity index (χ1n) is 8.05. The van der Waals surface area contributed by atoms with Crippen LogP contribution in [0.15, 0.2) is 48.5 Å². The maximum atomic E-state index is 12.5. The highest BCUT2D eigenvalue weighted by molar-refractivity contribution is 5.94. The molecule has 0 aliphatic heterocycles. The zero-order chi connectivity index (χ0) is 20.0. The number of benzene rings is 2. The summed E-state index contributed by atoms with van der Waals surface area (Å²) in [6.07, 6.45) is -4.43. The van der Waals surface area contributed by atoms with Crippen molar-refractivity contribution in [2.75, 3.05) is 25.5 Å². The number of anilines is 1. The van der Waals surface area contributed by atoms with E-state index >= 15 is 0 Å². The summed E-state index contributed by atoms with van der Waals surface area (Å²) in [7, 11) is 1.44. The van der Waals surface area contributed by atoms with E-state index in [-0.39, 0.29) is 24.8 Å². The van der Waals surface area contributed by atoms with Crippen LogP contribution in [-0.4, -0.2) is 36.9 Å². The fraction of sp³-hybridized carbons (Fsp3) is 0.263. The molecule has 0 aliphatic carbocycles. The van der Waals surface area contributed by atoms with Gasteiger partial charge in [-0.25, -0.2) is 0 Å². The lowest BCUT2D eigenvalue weighted by atomic mass is 10.2. The molecule has 0 aliphatic rings. The van der Waals surface area contributed by atoms with Crippen molar-refractivity contribution in [3.63, 3.8) is 0 Å². The number of likely N-dealkylation sites (N-methyl/N-ethyl adjacent to an activating group) is 1. The quantitative estimate of drug-likeness (QED) is 0.835. The van der Waals surface area contributed by atoms with Crippen molar-refractivity contribution in [2.45, 2.75) is 13.1 Å². The molecule has 144 valence electrons. The molecule has 0 bridgehead atoms. The molecule has 5 nitrogen and oxygen atoms in total. The molecule has 0 saturated heterocycles. The maximum absolute atomic E-state index is 12.5. The third-order valence-electron chi connectivity index (χ3n) is 3.69. The van der Waals surface area contributed by atoms with E-state index in [1.807, 2.05) is 19.1 Å². The Bertz CT molecular complexity index is 787. The second kappa shape index (κ2) is 8.57. The molecule has 27 heavy (non-hydrogen) atoms. The van der Waals surface area contributed by atoms with E-state index in [0.717, 1.165) is 29.8 Å². The van der Waals surface area contributed by atoms with Crippen LogP contribution in [-0.2, 0) is 15.8 Å². The SMILES string of the molecule is Cc1ccc(NC(=O)CN(C)C(=O)COc2ccc(C(F)(F)F)cc2)cc1. The molecule has 2 amide bonds. The van der Waals surface area contributed by atoms with Crippen molar-refractivity contribution >= 4 is 17.5 Å². The van der Waals surface area contributed by atoms with Crippen LogP contribution in [0.1, 0.15) is 11.1 Å². The third kappa shape index (κ3) is 6.32. The molecule has 0 unspecified atom stereocenters. The fourth-order valence-corrected chi connectivity index (χ4v) is 2.14. The van der Waals surface area contributed by atoms with Crippen molar-refractivity contribution in [3.8, 4) is 5.75 Å². The van der Waals surface area contributed by atoms with E-state index < -0.39 is 17.6 Å². The second-order valence-electron chi connectivity index (χ2n) is 5.97. The Labute approximate surface area is 154 Å². The minimum Gasteiger partial charge on any atom is -0.484 e. The Hall–Kier alpha value is -3.03. The van der Waals surface area contributed by atoms with Gasteiger partial charge in [0.25, 0.3) is 5.91 Å². The van der Waals surface area contributed by atoms with Crippen LogP contribution in [0.3, 0.4) is 0 Å². The molecule has 1 N–H and O–H groups in total. The molecular weight excluding hydrogens is 361 g/mol. The first-order valence-corrected chi connectivity index (χ1v) is 8.05. The summed E-state index contributed by atoms with van der Waals surface area (Å²) in [5, 5.41) is 2.67. The average molecular weight is 380 g/mol. The summed E-state index contributed by atoms with van der Waals surface area (Å²) < 4.78 is 42.7. The van der Waals surface area contributed by atoms with Gasteiger partial charge in [-0.05, 0) is 43.3 Å². The van der Waals surface area contributed by atoms with Crippen LogP contribution in [0.25, 0.3) is 0 Å². The fourth-order valence-electron chi connectivity index (χ4n) is 2.14. The van der Waals surface area contributed by atoms with E-state index in [1.54, 1.807) is 12.1 Å². The predicted octanol–water partition coefficient (Wildman–Crippen LogP) is 3.49. The third-order valence-corrected chi connectivity index (χ3v) is 3.69. The molecule has 0 spiro atoms. The molecule has 0 radical (unpaired) electrons. The number of aryl methyl sites for hydroxylation is 1. The van der Waals surface area contributed by atoms with Gasteiger partial charge in [-0.3, -0.25) is 9.59 Å². The summed E-state index contributed by atoms with van der Waals surface area (Å²) in [4.78, 5) is 25.2. The predicted molar refractivity (Wildman–Crippen MR) is 94.4 cm³/mol. The average Bonchev–Trinajstić information content (AvgIpc) is 2.61. The zero-order valence-corrected chi connectivity index (χ0v) is 14.8. The summed E-state index contributed by atoms with van der Waals surface area (Å²) in [6.45, 7) is 1.36. The van der Waals surface area contributed by atoms with Crippen molar-refractivity contribution in [3.05, 3.63) is 59.7 Å². The zero-order valence-electron chi connectivity index (χ0n) is 14.8. The number of halogens is 3. The van der Waals surface area contributed by atoms with E-state index in [0.29, 0.717) is 5.69 Å². The number of hydrogen-bond donors (Lipinski definition) is 1. The minimum absolute atomic E-state index is 0.133. The molecule has 0 aromatic heterocycles. The van der Waals surface area contributed by atoms with E-state index in [2.05, 4.69) is 5.32 Å². The molecule has 8 heteroatoms. The van der Waals surface area contributed by atoms with Gasteiger partial charge in [0.15, 0.2) is 6.61 Å². The van der Waals surface area contributed by atoms with Gasteiger partial charge in [0, 0.05) is 12.7 Å². The molecule has 2 aromatic carbocycles. The first-order chi connectivity index (χ1) is 12.6. The van der Waals surface area contributed by atoms with Crippen LogP contribution in [0, 0.1) is 6.92 Å². The monoisotopic (exact) mass is 380 g/mol. The molecule has 0 heterocycles. The number of nitrogens with one attached hydrogen (secondary N) is 1. The van der Waals surface area contributed by atoms with E-state index in [4.69, 9.17) is 4.74 Å². The van der Waals surface area contributed by atoms with Crippen LogP contribution in [0.2, 0.25) is 0 Å². The Morgan fingerprint density at radius 1 is 1.04 bits per heavy atom. The van der Waals surface area contributed by atoms with Crippen molar-refractivity contribution in [2.24, 2.45) is 0 Å². The molecular formula is C19H19F3N2O3. The summed E-state index contributed by atoms with van der Waals surface area (Å²) >= 11 is 0. The summed E-state index contributed by atoms with van der Waals surface area (Å²) in [6, 6.07) is 11.2. The normalized spacial score (nSPS) is 11.0. The number of rotatable bonds is 6. The lowest BCUT2D eigenvalue weighted by molar-refractivity contribution is -0.137. The summed E-state index contributed by atoms with van der Waals surface area (Å²) in [5.74, 6) is -0.716. The number of nitrogens with zero attached hydrogens (tertiary/aromatic N) is 1. The largest absolute Gasteiger partial charge is 0.484 e. The summed E-state index contributed by atoms with van der Waals surface area (Å²) in [5.41, 5.74) is 0.874. The van der Waals surface area contributed by atoms with Gasteiger partial charge in [0.1, 0.15) is 5.75 Å². The van der Waals surface area contributed by atoms with E-state index in [9.17, 15) is 22.8 Å². The van der Waals surface area contributed by atoms with Crippen molar-refractivity contribution < 1.29 is 27.5 Å². The second-order valence-corrected chi connectivity index (χ2v) is 5.97. The van der Waals surface area contributed by atoms with Crippen LogP contribution in [0.5, 0.6) is 5.75 Å². The van der Waals surface area contributed by atoms with Crippen LogP contribution in [0.4, 0.5) is 18.9 Å². The highest BCUT2D eigenvalue weighted by Gasteiger charge is 2.30. The van der Waals surface area contributed by atoms with Gasteiger partial charge in [-0.2, -0.15) is 13.2 Å². The van der Waals surface area contributed by atoms with Gasteiger partial charge >= 0.3 is 6.18 Å². The molecule has 0 saturated carbocycles. The maximum Gasteiger partial charge on any atom is 0.416 e. The number of ether oxygens (including phenoxy) is 1. The van der Waals surface area contributed by atoms with Gasteiger partial charge in [-0.1, -0.05) is 17.7 Å². The van der Waals surface area contributed by atoms with Crippen LogP contribution < -0.4 is 10.1 Å². The standard InChI is InChI=1S/C19H19F3N2O3/c1-13-3-7-15(8-4-13)23-17(25)11-24(2)18(26)12-27-16-9-5-14(6-10-16)19(20,21)22/h3-10H,11-12H2,1-2H3,(H,23,25). The number of carbonyl (C=O) groups excluding carboxylic acids is 2. The molecule has 0 fully saturated rings. The van der Waals surface area contributed by atoms with Crippen LogP contribution >= 0.6 is 0 Å². The number of carbonyl (C=O) groups is 2. The Kier molecular flexibility index (Phi) is 6.44. The molecule has 2 aromatic rings. The number of amides is 2. The smallest absolute Gasteiger partial charge is 0.416 e. The van der Waals surface area contributed by atoms with Gasteiger partial charge in [0.05, 0.1) is 12.1 Å². The van der Waals surface area contributed by atoms with Gasteiger partial charge in [0.2, 0.25) is 5.91 Å². The van der Waals surface area contributed by atoms with Crippen molar-refractivity contribution in [1.82, 2.24) is 4.90 Å². The number of alkyl halides is 3. The first kappa shape index (κ1) is 20.3. The van der Waals surface area contributed by atoms with E-state index in [1.165, 1.54) is 11.9 Å². The number of hydrogen-bond acceptors (Lipinski definition) is 3. The van der Waals surface area contributed by atoms with Gasteiger partial charge in [-0.15, -0.1) is 0 Å². The lowest BCUT2D eigenvalue weighted by Crippen LogP contribution is -2.37. The highest BCUT2D eigenvalue weighted by atomic mass is 19.4.